The van der Waals surface area contributed by atoms with Crippen molar-refractivity contribution >= 4 is 34.3 Å². The van der Waals surface area contributed by atoms with E-state index in [0.29, 0.717) is 11.3 Å². The molecule has 1 amide bonds. The van der Waals surface area contributed by atoms with Crippen molar-refractivity contribution in [3.05, 3.63) is 107 Å². The molecule has 4 aromatic rings. The van der Waals surface area contributed by atoms with Crippen molar-refractivity contribution in [2.75, 3.05) is 5.32 Å². The highest BCUT2D eigenvalue weighted by Gasteiger charge is 2.22. The first-order valence-corrected chi connectivity index (χ1v) is 9.68. The largest absolute Gasteiger partial charge is 0.423 e. The Balaban J connectivity index is 1.62. The van der Waals surface area contributed by atoms with Crippen molar-refractivity contribution in [3.63, 3.8) is 0 Å². The second-order valence-electron chi connectivity index (χ2n) is 6.22. The van der Waals surface area contributed by atoms with Gasteiger partial charge in [0.2, 0.25) is 5.91 Å². The first-order valence-electron chi connectivity index (χ1n) is 8.80. The van der Waals surface area contributed by atoms with Crippen LogP contribution in [0.15, 0.2) is 105 Å². The van der Waals surface area contributed by atoms with E-state index in [1.807, 2.05) is 60.7 Å². The van der Waals surface area contributed by atoms with Crippen molar-refractivity contribution in [1.82, 2.24) is 0 Å². The lowest BCUT2D eigenvalue weighted by Gasteiger charge is -2.17. The second kappa shape index (κ2) is 8.15. The van der Waals surface area contributed by atoms with Gasteiger partial charge in [0.15, 0.2) is 0 Å². The van der Waals surface area contributed by atoms with Gasteiger partial charge in [0.25, 0.3) is 0 Å². The van der Waals surface area contributed by atoms with Crippen LogP contribution in [0.5, 0.6) is 0 Å². The Morgan fingerprint density at radius 3 is 2.32 bits per heavy atom. The molecule has 0 radical (unpaired) electrons. The molecule has 1 unspecified atom stereocenters. The molecule has 0 aliphatic carbocycles. The highest BCUT2D eigenvalue weighted by atomic mass is 32.2. The van der Waals surface area contributed by atoms with Crippen molar-refractivity contribution in [1.29, 1.82) is 0 Å². The summed E-state index contributed by atoms with van der Waals surface area (Å²) >= 11 is 1.50. The average molecular weight is 387 g/mol. The predicted octanol–water partition coefficient (Wildman–Crippen LogP) is 5.27. The maximum atomic E-state index is 13.1. The molecule has 0 aliphatic heterocycles. The van der Waals surface area contributed by atoms with Gasteiger partial charge in [-0.3, -0.25) is 4.79 Å². The third-order valence-electron chi connectivity index (χ3n) is 4.22. The van der Waals surface area contributed by atoms with Crippen LogP contribution in [0.25, 0.3) is 11.0 Å². The highest BCUT2D eigenvalue weighted by molar-refractivity contribution is 8.00. The van der Waals surface area contributed by atoms with Gasteiger partial charge in [-0.1, -0.05) is 48.5 Å². The van der Waals surface area contributed by atoms with Gasteiger partial charge < -0.3 is 9.73 Å². The van der Waals surface area contributed by atoms with Crippen LogP contribution in [-0.2, 0) is 4.79 Å². The van der Waals surface area contributed by atoms with Crippen molar-refractivity contribution in [2.45, 2.75) is 10.1 Å². The summed E-state index contributed by atoms with van der Waals surface area (Å²) in [6.07, 6.45) is 0. The quantitative estimate of drug-likeness (QED) is 0.375. The first-order chi connectivity index (χ1) is 13.7. The Labute approximate surface area is 166 Å². The van der Waals surface area contributed by atoms with E-state index in [2.05, 4.69) is 5.32 Å². The molecule has 138 valence electrons. The lowest BCUT2D eigenvalue weighted by atomic mass is 10.1. The Bertz CT molecular complexity index is 1160. The maximum Gasteiger partial charge on any atom is 0.336 e. The number of rotatable bonds is 5. The minimum absolute atomic E-state index is 0.114. The number of amides is 1. The summed E-state index contributed by atoms with van der Waals surface area (Å²) in [5.41, 5.74) is 1.68. The molecule has 1 atom stereocenters. The molecule has 3 aromatic carbocycles. The molecule has 4 nitrogen and oxygen atoms in total. The molecule has 1 heterocycles. The minimum Gasteiger partial charge on any atom is -0.423 e. The monoisotopic (exact) mass is 387 g/mol. The fraction of sp³-hybridized carbons (Fsp3) is 0.0435. The summed E-state index contributed by atoms with van der Waals surface area (Å²) in [4.78, 5) is 25.4. The molecule has 28 heavy (non-hydrogen) atoms. The standard InChI is InChI=1S/C23H17NO3S/c25-21-14-11-17-15-18(12-13-20(17)27-21)24-23(26)22(16-7-3-1-4-8-16)28-19-9-5-2-6-10-19/h1-15,22H,(H,24,26). The second-order valence-corrected chi connectivity index (χ2v) is 7.40. The summed E-state index contributed by atoms with van der Waals surface area (Å²) < 4.78 is 5.15. The normalized spacial score (nSPS) is 11.9. The van der Waals surface area contributed by atoms with Crippen molar-refractivity contribution in [3.8, 4) is 0 Å². The molecule has 1 aromatic heterocycles. The summed E-state index contributed by atoms with van der Waals surface area (Å²) in [6, 6.07) is 27.8. The van der Waals surface area contributed by atoms with Crippen LogP contribution >= 0.6 is 11.8 Å². The van der Waals surface area contributed by atoms with Gasteiger partial charge in [0, 0.05) is 22.0 Å². The molecule has 0 spiro atoms. The van der Waals surface area contributed by atoms with E-state index in [9.17, 15) is 9.59 Å². The number of anilines is 1. The molecule has 0 bridgehead atoms. The van der Waals surface area contributed by atoms with Crippen LogP contribution < -0.4 is 10.9 Å². The topological polar surface area (TPSA) is 59.3 Å². The van der Waals surface area contributed by atoms with Gasteiger partial charge >= 0.3 is 5.63 Å². The van der Waals surface area contributed by atoms with E-state index in [1.54, 1.807) is 24.3 Å². The zero-order valence-electron chi connectivity index (χ0n) is 14.9. The van der Waals surface area contributed by atoms with Gasteiger partial charge in [-0.05, 0) is 42.0 Å². The van der Waals surface area contributed by atoms with E-state index < -0.39 is 10.9 Å². The molecular weight excluding hydrogens is 370 g/mol. The maximum absolute atomic E-state index is 13.1. The fourth-order valence-corrected chi connectivity index (χ4v) is 3.94. The SMILES string of the molecule is O=C(Nc1ccc2oc(=O)ccc2c1)C(Sc1ccccc1)c1ccccc1. The van der Waals surface area contributed by atoms with Gasteiger partial charge in [-0.15, -0.1) is 11.8 Å². The lowest BCUT2D eigenvalue weighted by Crippen LogP contribution is -2.19. The minimum atomic E-state index is -0.396. The van der Waals surface area contributed by atoms with E-state index >= 15 is 0 Å². The number of thioether (sulfide) groups is 1. The third-order valence-corrected chi connectivity index (χ3v) is 5.49. The average Bonchev–Trinajstić information content (AvgIpc) is 2.73. The Hall–Kier alpha value is -3.31. The smallest absolute Gasteiger partial charge is 0.336 e. The molecule has 4 rings (SSSR count). The van der Waals surface area contributed by atoms with E-state index in [1.165, 1.54) is 17.8 Å². The molecule has 0 fully saturated rings. The predicted molar refractivity (Wildman–Crippen MR) is 113 cm³/mol. The number of benzene rings is 3. The zero-order chi connectivity index (χ0) is 19.3. The van der Waals surface area contributed by atoms with E-state index in [-0.39, 0.29) is 5.91 Å². The van der Waals surface area contributed by atoms with Crippen LogP contribution in [0, 0.1) is 0 Å². The summed E-state index contributed by atoms with van der Waals surface area (Å²) in [6.45, 7) is 0. The lowest BCUT2D eigenvalue weighted by molar-refractivity contribution is -0.115. The number of carbonyl (C=O) groups excluding carboxylic acids is 1. The van der Waals surface area contributed by atoms with Crippen LogP contribution in [0.1, 0.15) is 10.8 Å². The summed E-state index contributed by atoms with van der Waals surface area (Å²) in [5.74, 6) is -0.114. The molecule has 1 N–H and O–H groups in total. The van der Waals surface area contributed by atoms with Gasteiger partial charge in [-0.25, -0.2) is 4.79 Å². The number of carbonyl (C=O) groups is 1. The summed E-state index contributed by atoms with van der Waals surface area (Å²) in [5, 5.41) is 3.35. The van der Waals surface area contributed by atoms with Gasteiger partial charge in [0.05, 0.1) is 0 Å². The van der Waals surface area contributed by atoms with Gasteiger partial charge in [-0.2, -0.15) is 0 Å². The summed E-state index contributed by atoms with van der Waals surface area (Å²) in [7, 11) is 0. The molecule has 5 heteroatoms. The van der Waals surface area contributed by atoms with Crippen molar-refractivity contribution in [2.24, 2.45) is 0 Å². The zero-order valence-corrected chi connectivity index (χ0v) is 15.7. The Kier molecular flexibility index (Phi) is 5.26. The molecule has 0 saturated carbocycles. The Morgan fingerprint density at radius 1 is 0.857 bits per heavy atom. The van der Waals surface area contributed by atoms with E-state index in [0.717, 1.165) is 15.8 Å². The van der Waals surface area contributed by atoms with Crippen LogP contribution in [-0.4, -0.2) is 5.91 Å². The number of nitrogens with one attached hydrogen (secondary N) is 1. The fourth-order valence-electron chi connectivity index (χ4n) is 2.89. The molecular formula is C23H17NO3S. The number of fused-ring (bicyclic) bond motifs is 1. The number of hydrogen-bond acceptors (Lipinski definition) is 4. The van der Waals surface area contributed by atoms with E-state index in [4.69, 9.17) is 4.42 Å². The number of hydrogen-bond donors (Lipinski definition) is 1. The van der Waals surface area contributed by atoms with Crippen LogP contribution in [0.4, 0.5) is 5.69 Å². The van der Waals surface area contributed by atoms with Gasteiger partial charge in [0.1, 0.15) is 10.8 Å². The Morgan fingerprint density at radius 2 is 1.57 bits per heavy atom. The molecule has 0 aliphatic rings. The molecule has 0 saturated heterocycles. The highest BCUT2D eigenvalue weighted by Crippen LogP contribution is 2.36. The van der Waals surface area contributed by atoms with Crippen LogP contribution in [0.2, 0.25) is 0 Å². The third kappa shape index (κ3) is 4.15. The first kappa shape index (κ1) is 18.1. The van der Waals surface area contributed by atoms with Crippen LogP contribution in [0.3, 0.4) is 0 Å². The van der Waals surface area contributed by atoms with Crippen molar-refractivity contribution < 1.29 is 9.21 Å².